The maximum atomic E-state index is 6.46. The van der Waals surface area contributed by atoms with Gasteiger partial charge in [0.15, 0.2) is 5.11 Å². The van der Waals surface area contributed by atoms with Crippen LogP contribution in [0.15, 0.2) is 82.6 Å². The predicted octanol–water partition coefficient (Wildman–Crippen LogP) is 6.88. The minimum atomic E-state index is 0.442. The molecule has 1 fully saturated rings. The van der Waals surface area contributed by atoms with Gasteiger partial charge in [0.25, 0.3) is 0 Å². The number of fused-ring (bicyclic) bond motifs is 1. The van der Waals surface area contributed by atoms with Crippen molar-refractivity contribution in [2.24, 2.45) is 5.10 Å². The summed E-state index contributed by atoms with van der Waals surface area (Å²) in [7, 11) is 0. The van der Waals surface area contributed by atoms with Crippen molar-refractivity contribution in [1.29, 1.82) is 0 Å². The summed E-state index contributed by atoms with van der Waals surface area (Å²) in [6.45, 7) is 3.10. The maximum Gasteiger partial charge on any atom is 0.191 e. The largest absolute Gasteiger partial charge is 0.378 e. The van der Waals surface area contributed by atoms with Gasteiger partial charge in [0.1, 0.15) is 0 Å². The number of hydrogen-bond donors (Lipinski definition) is 2. The second-order valence-corrected chi connectivity index (χ2v) is 9.91. The number of allylic oxidation sites excluding steroid dienone is 2. The highest BCUT2D eigenvalue weighted by Gasteiger charge is 2.25. The number of anilines is 1. The number of halogens is 2. The number of hydrogen-bond acceptors (Lipinski definition) is 4. The average Bonchev–Trinajstić information content (AvgIpc) is 3.28. The molecule has 0 bridgehead atoms. The molecule has 5 rings (SSSR count). The van der Waals surface area contributed by atoms with Crippen LogP contribution in [-0.4, -0.2) is 42.5 Å². The Balaban J connectivity index is 1.35. The highest BCUT2D eigenvalue weighted by Crippen LogP contribution is 2.36. The molecule has 1 saturated heterocycles. The highest BCUT2D eigenvalue weighted by atomic mass is 35.5. The molecule has 36 heavy (non-hydrogen) atoms. The number of nitrogens with zero attached hydrogens (tertiary/aromatic N) is 2. The monoisotopic (exact) mass is 536 g/mol. The molecule has 1 aliphatic carbocycles. The summed E-state index contributed by atoms with van der Waals surface area (Å²) in [5, 5.41) is 11.7. The minimum Gasteiger partial charge on any atom is -0.378 e. The van der Waals surface area contributed by atoms with Gasteiger partial charge in [-0.25, -0.2) is 0 Å². The van der Waals surface area contributed by atoms with Crippen molar-refractivity contribution in [1.82, 2.24) is 10.3 Å². The number of morpholine rings is 1. The molecular formula is C28H26Cl2N4OS. The first-order chi connectivity index (χ1) is 17.6. The van der Waals surface area contributed by atoms with Gasteiger partial charge in [-0.05, 0) is 71.4 Å². The number of nitrogens with one attached hydrogen (secondary N) is 2. The van der Waals surface area contributed by atoms with E-state index in [1.54, 1.807) is 6.07 Å². The van der Waals surface area contributed by atoms with Crippen LogP contribution in [0.5, 0.6) is 0 Å². The van der Waals surface area contributed by atoms with Gasteiger partial charge in [0.2, 0.25) is 0 Å². The Kier molecular flexibility index (Phi) is 7.87. The summed E-state index contributed by atoms with van der Waals surface area (Å²) in [6, 6.07) is 19.9. The first-order valence-electron chi connectivity index (χ1n) is 11.9. The third-order valence-electron chi connectivity index (χ3n) is 6.32. The molecule has 0 atom stereocenters. The first-order valence-corrected chi connectivity index (χ1v) is 13.0. The van der Waals surface area contributed by atoms with Crippen LogP contribution in [0.25, 0.3) is 16.8 Å². The molecule has 0 aromatic heterocycles. The summed E-state index contributed by atoms with van der Waals surface area (Å²) in [4.78, 5) is 2.38. The molecule has 0 unspecified atom stereocenters. The first kappa shape index (κ1) is 24.8. The molecule has 184 valence electrons. The van der Waals surface area contributed by atoms with Gasteiger partial charge in [-0.2, -0.15) is 5.10 Å². The van der Waals surface area contributed by atoms with Crippen LogP contribution in [0.4, 0.5) is 5.69 Å². The third kappa shape index (κ3) is 5.73. The fourth-order valence-electron chi connectivity index (χ4n) is 4.63. The van der Waals surface area contributed by atoms with Crippen LogP contribution < -0.4 is 10.7 Å². The van der Waals surface area contributed by atoms with E-state index in [1.165, 1.54) is 11.3 Å². The van der Waals surface area contributed by atoms with Crippen LogP contribution in [0.2, 0.25) is 10.0 Å². The van der Waals surface area contributed by atoms with E-state index in [2.05, 4.69) is 45.0 Å². The number of thiocarbonyl (C=S) groups is 1. The normalized spacial score (nSPS) is 17.4. The van der Waals surface area contributed by atoms with Crippen molar-refractivity contribution < 1.29 is 4.74 Å². The Labute approximate surface area is 226 Å². The van der Waals surface area contributed by atoms with E-state index in [0.717, 1.165) is 53.5 Å². The van der Waals surface area contributed by atoms with Gasteiger partial charge in [0, 0.05) is 39.9 Å². The second-order valence-electron chi connectivity index (χ2n) is 8.66. The molecule has 0 saturated carbocycles. The fourth-order valence-corrected chi connectivity index (χ4v) is 5.26. The summed E-state index contributed by atoms with van der Waals surface area (Å²) in [6.07, 6.45) is 5.83. The lowest BCUT2D eigenvalue weighted by Crippen LogP contribution is -2.36. The number of rotatable bonds is 5. The fraction of sp³-hybridized carbons (Fsp3) is 0.214. The van der Waals surface area contributed by atoms with Crippen LogP contribution in [0.1, 0.15) is 18.4 Å². The van der Waals surface area contributed by atoms with Gasteiger partial charge >= 0.3 is 0 Å². The molecule has 1 heterocycles. The van der Waals surface area contributed by atoms with E-state index in [0.29, 0.717) is 28.4 Å². The molecule has 3 aromatic carbocycles. The topological polar surface area (TPSA) is 48.9 Å². The minimum absolute atomic E-state index is 0.442. The molecule has 5 nitrogen and oxygen atoms in total. The molecule has 1 aliphatic heterocycles. The Morgan fingerprint density at radius 2 is 1.81 bits per heavy atom. The van der Waals surface area contributed by atoms with Gasteiger partial charge in [0.05, 0.1) is 19.4 Å². The SMILES string of the molecule is S=C(N/N=C/C1=C(N2CCOCC2)C(=C\c2ccc(Cl)cc2Cl)/CC1)Nc1cccc2ccccc12. The number of benzene rings is 3. The standard InChI is InChI=1S/C28H26Cl2N4OS/c29-23-11-10-20(25(30)17-23)16-21-8-9-22(27(21)34-12-14-35-15-13-34)18-31-33-28(36)32-26-7-3-5-19-4-1-2-6-24(19)26/h1-7,10-11,16-18H,8-9,12-15H2,(H2,32,33,36)/b21-16-,31-18+. The van der Waals surface area contributed by atoms with Crippen molar-refractivity contribution in [2.45, 2.75) is 12.8 Å². The lowest BCUT2D eigenvalue weighted by atomic mass is 10.1. The Bertz CT molecular complexity index is 1370. The molecule has 0 amide bonds. The predicted molar refractivity (Wildman–Crippen MR) is 155 cm³/mol. The molecule has 3 aromatic rings. The van der Waals surface area contributed by atoms with Crippen molar-refractivity contribution in [2.75, 3.05) is 31.6 Å². The average molecular weight is 538 g/mol. The van der Waals surface area contributed by atoms with Crippen molar-refractivity contribution >= 4 is 69.3 Å². The summed E-state index contributed by atoms with van der Waals surface area (Å²) >= 11 is 18.1. The molecule has 2 aliphatic rings. The number of ether oxygens (including phenoxy) is 1. The van der Waals surface area contributed by atoms with Crippen LogP contribution in [0, 0.1) is 0 Å². The van der Waals surface area contributed by atoms with Gasteiger partial charge in [-0.3, -0.25) is 5.43 Å². The zero-order valence-corrected chi connectivity index (χ0v) is 22.0. The molecule has 2 N–H and O–H groups in total. The molecule has 8 heteroatoms. The summed E-state index contributed by atoms with van der Waals surface area (Å²) in [5.41, 5.74) is 8.48. The van der Waals surface area contributed by atoms with E-state index in [4.69, 9.17) is 40.2 Å². The maximum absolute atomic E-state index is 6.46. The molecular weight excluding hydrogens is 511 g/mol. The van der Waals surface area contributed by atoms with Crippen molar-refractivity contribution in [3.63, 3.8) is 0 Å². The Morgan fingerprint density at radius 3 is 2.64 bits per heavy atom. The quantitative estimate of drug-likeness (QED) is 0.211. The summed E-state index contributed by atoms with van der Waals surface area (Å²) in [5.74, 6) is 0. The zero-order valence-electron chi connectivity index (χ0n) is 19.6. The van der Waals surface area contributed by atoms with Gasteiger partial charge in [-0.15, -0.1) is 0 Å². The van der Waals surface area contributed by atoms with E-state index in [-0.39, 0.29) is 0 Å². The Morgan fingerprint density at radius 1 is 1.00 bits per heavy atom. The highest BCUT2D eigenvalue weighted by molar-refractivity contribution is 7.80. The lowest BCUT2D eigenvalue weighted by Gasteiger charge is -2.31. The van der Waals surface area contributed by atoms with E-state index < -0.39 is 0 Å². The van der Waals surface area contributed by atoms with E-state index in [9.17, 15) is 0 Å². The van der Waals surface area contributed by atoms with E-state index >= 15 is 0 Å². The zero-order chi connectivity index (χ0) is 24.9. The van der Waals surface area contributed by atoms with Crippen molar-refractivity contribution in [3.8, 4) is 0 Å². The van der Waals surface area contributed by atoms with Gasteiger partial charge in [-0.1, -0.05) is 65.7 Å². The van der Waals surface area contributed by atoms with Crippen LogP contribution >= 0.6 is 35.4 Å². The van der Waals surface area contributed by atoms with Crippen LogP contribution in [0.3, 0.4) is 0 Å². The third-order valence-corrected chi connectivity index (χ3v) is 7.07. The molecule has 0 spiro atoms. The smallest absolute Gasteiger partial charge is 0.191 e. The lowest BCUT2D eigenvalue weighted by molar-refractivity contribution is 0.0548. The van der Waals surface area contributed by atoms with Gasteiger partial charge < -0.3 is 15.0 Å². The second kappa shape index (κ2) is 11.4. The molecule has 0 radical (unpaired) electrons. The Hall–Kier alpha value is -2.90. The number of hydrazone groups is 1. The van der Waals surface area contributed by atoms with Crippen molar-refractivity contribution in [3.05, 3.63) is 93.1 Å². The van der Waals surface area contributed by atoms with Crippen LogP contribution in [-0.2, 0) is 4.74 Å². The summed E-state index contributed by atoms with van der Waals surface area (Å²) < 4.78 is 5.59. The van der Waals surface area contributed by atoms with E-state index in [1.807, 2.05) is 42.6 Å².